The summed E-state index contributed by atoms with van der Waals surface area (Å²) in [6.45, 7) is 7.17. The zero-order valence-corrected chi connectivity index (χ0v) is 11.8. The van der Waals surface area contributed by atoms with Gasteiger partial charge in [0, 0.05) is 31.2 Å². The molecule has 104 valence electrons. The molecule has 3 unspecified atom stereocenters. The highest BCUT2D eigenvalue weighted by Crippen LogP contribution is 2.57. The molecule has 1 heterocycles. The van der Waals surface area contributed by atoms with E-state index in [0.717, 1.165) is 19.8 Å². The van der Waals surface area contributed by atoms with Crippen LogP contribution in [0.25, 0.3) is 0 Å². The van der Waals surface area contributed by atoms with E-state index in [9.17, 15) is 0 Å². The Kier molecular flexibility index (Phi) is 3.41. The van der Waals surface area contributed by atoms with Crippen LogP contribution >= 0.6 is 0 Å². The smallest absolute Gasteiger partial charge is 0.0779 e. The second-order valence-electron chi connectivity index (χ2n) is 6.60. The summed E-state index contributed by atoms with van der Waals surface area (Å²) in [4.78, 5) is 0. The monoisotopic (exact) mass is 253 g/mol. The molecule has 1 saturated heterocycles. The largest absolute Gasteiger partial charge is 0.378 e. The highest BCUT2D eigenvalue weighted by atomic mass is 16.5. The Balaban J connectivity index is 1.52. The maximum atomic E-state index is 5.89. The number of hydrogen-bond donors (Lipinski definition) is 1. The summed E-state index contributed by atoms with van der Waals surface area (Å²) in [5, 5.41) is 3.78. The summed E-state index contributed by atoms with van der Waals surface area (Å²) in [5.41, 5.74) is 0.562. The molecule has 0 bridgehead atoms. The molecular weight excluding hydrogens is 226 g/mol. The molecule has 3 rings (SSSR count). The maximum Gasteiger partial charge on any atom is 0.0779 e. The molecule has 0 aromatic heterocycles. The van der Waals surface area contributed by atoms with Crippen molar-refractivity contribution in [2.75, 3.05) is 19.8 Å². The van der Waals surface area contributed by atoms with Gasteiger partial charge < -0.3 is 14.8 Å². The molecule has 1 N–H and O–H groups in total. The van der Waals surface area contributed by atoms with Crippen LogP contribution in [-0.2, 0) is 9.47 Å². The van der Waals surface area contributed by atoms with Crippen molar-refractivity contribution in [1.29, 1.82) is 0 Å². The topological polar surface area (TPSA) is 30.5 Å². The van der Waals surface area contributed by atoms with Crippen molar-refractivity contribution in [2.24, 2.45) is 5.41 Å². The van der Waals surface area contributed by atoms with Crippen LogP contribution in [0.4, 0.5) is 0 Å². The zero-order valence-electron chi connectivity index (χ0n) is 11.8. The predicted molar refractivity (Wildman–Crippen MR) is 71.7 cm³/mol. The van der Waals surface area contributed by atoms with Gasteiger partial charge in [-0.1, -0.05) is 6.42 Å². The van der Waals surface area contributed by atoms with Crippen LogP contribution in [0.3, 0.4) is 0 Å². The normalized spacial score (nSPS) is 41.7. The molecule has 3 heteroatoms. The van der Waals surface area contributed by atoms with E-state index < -0.39 is 0 Å². The van der Waals surface area contributed by atoms with Gasteiger partial charge in [-0.05, 0) is 46.0 Å². The Morgan fingerprint density at radius 2 is 2.11 bits per heavy atom. The van der Waals surface area contributed by atoms with Gasteiger partial charge in [-0.2, -0.15) is 0 Å². The van der Waals surface area contributed by atoms with E-state index in [1.54, 1.807) is 0 Å². The van der Waals surface area contributed by atoms with Crippen molar-refractivity contribution in [3.05, 3.63) is 0 Å². The van der Waals surface area contributed by atoms with E-state index in [4.69, 9.17) is 9.47 Å². The third-order valence-electron chi connectivity index (χ3n) is 5.46. The summed E-state index contributed by atoms with van der Waals surface area (Å²) in [5.74, 6) is 0. The Hall–Kier alpha value is -0.120. The van der Waals surface area contributed by atoms with Crippen molar-refractivity contribution < 1.29 is 9.47 Å². The summed E-state index contributed by atoms with van der Waals surface area (Å²) in [6.07, 6.45) is 8.23. The standard InChI is InChI=1S/C15H27NO2/c1-3-17-13-10-12(15(13)7-4-8-15)16-11-14(2)6-5-9-18-14/h12-13,16H,3-11H2,1-2H3. The molecule has 0 aromatic rings. The number of hydrogen-bond acceptors (Lipinski definition) is 3. The molecule has 2 saturated carbocycles. The van der Waals surface area contributed by atoms with E-state index in [1.165, 1.54) is 38.5 Å². The van der Waals surface area contributed by atoms with Gasteiger partial charge in [0.05, 0.1) is 11.7 Å². The lowest BCUT2D eigenvalue weighted by Gasteiger charge is -2.61. The predicted octanol–water partition coefficient (Wildman–Crippen LogP) is 2.49. The third kappa shape index (κ3) is 2.00. The lowest BCUT2D eigenvalue weighted by Crippen LogP contribution is -2.67. The van der Waals surface area contributed by atoms with Gasteiger partial charge in [0.1, 0.15) is 0 Å². The van der Waals surface area contributed by atoms with Crippen molar-refractivity contribution in [3.8, 4) is 0 Å². The second-order valence-corrected chi connectivity index (χ2v) is 6.60. The number of rotatable bonds is 5. The lowest BCUT2D eigenvalue weighted by molar-refractivity contribution is -0.175. The van der Waals surface area contributed by atoms with Gasteiger partial charge in [0.25, 0.3) is 0 Å². The van der Waals surface area contributed by atoms with Crippen LogP contribution in [0, 0.1) is 5.41 Å². The Morgan fingerprint density at radius 3 is 2.67 bits per heavy atom. The third-order valence-corrected chi connectivity index (χ3v) is 5.46. The van der Waals surface area contributed by atoms with E-state index in [0.29, 0.717) is 17.6 Å². The summed E-state index contributed by atoms with van der Waals surface area (Å²) >= 11 is 0. The molecule has 0 amide bonds. The fourth-order valence-electron chi connectivity index (χ4n) is 4.04. The fourth-order valence-corrected chi connectivity index (χ4v) is 4.04. The highest BCUT2D eigenvalue weighted by molar-refractivity contribution is 5.12. The van der Waals surface area contributed by atoms with Crippen LogP contribution in [-0.4, -0.2) is 37.5 Å². The van der Waals surface area contributed by atoms with Gasteiger partial charge in [-0.3, -0.25) is 0 Å². The van der Waals surface area contributed by atoms with Gasteiger partial charge in [0.15, 0.2) is 0 Å². The molecular formula is C15H27NO2. The zero-order chi connectivity index (χ0) is 12.6. The van der Waals surface area contributed by atoms with Crippen LogP contribution in [0.5, 0.6) is 0 Å². The van der Waals surface area contributed by atoms with Gasteiger partial charge in [0.2, 0.25) is 0 Å². The van der Waals surface area contributed by atoms with Gasteiger partial charge >= 0.3 is 0 Å². The van der Waals surface area contributed by atoms with Gasteiger partial charge in [-0.15, -0.1) is 0 Å². The summed E-state index contributed by atoms with van der Waals surface area (Å²) < 4.78 is 11.8. The first-order chi connectivity index (χ1) is 8.69. The molecule has 0 radical (unpaired) electrons. The molecule has 18 heavy (non-hydrogen) atoms. The highest BCUT2D eigenvalue weighted by Gasteiger charge is 2.58. The Morgan fingerprint density at radius 1 is 1.28 bits per heavy atom. The average Bonchev–Trinajstić information content (AvgIpc) is 2.67. The van der Waals surface area contributed by atoms with Crippen molar-refractivity contribution in [3.63, 3.8) is 0 Å². The summed E-state index contributed by atoms with van der Waals surface area (Å²) in [7, 11) is 0. The maximum absolute atomic E-state index is 5.89. The van der Waals surface area contributed by atoms with Crippen molar-refractivity contribution in [2.45, 2.75) is 70.1 Å². The van der Waals surface area contributed by atoms with Crippen LogP contribution in [0.15, 0.2) is 0 Å². The van der Waals surface area contributed by atoms with Crippen molar-refractivity contribution in [1.82, 2.24) is 5.32 Å². The van der Waals surface area contributed by atoms with Crippen LogP contribution in [0.1, 0.15) is 52.4 Å². The molecule has 3 fully saturated rings. The first kappa shape index (κ1) is 12.9. The SMILES string of the molecule is CCOC1CC(NCC2(C)CCCO2)C12CCC2. The quantitative estimate of drug-likeness (QED) is 0.816. The van der Waals surface area contributed by atoms with Crippen molar-refractivity contribution >= 4 is 0 Å². The minimum absolute atomic E-state index is 0.0850. The Labute approximate surface area is 111 Å². The van der Waals surface area contributed by atoms with E-state index >= 15 is 0 Å². The molecule has 3 atom stereocenters. The lowest BCUT2D eigenvalue weighted by atomic mass is 9.51. The van der Waals surface area contributed by atoms with E-state index in [-0.39, 0.29) is 5.60 Å². The van der Waals surface area contributed by atoms with Crippen LogP contribution < -0.4 is 5.32 Å². The molecule has 3 aliphatic rings. The Bertz CT molecular complexity index is 295. The first-order valence-corrected chi connectivity index (χ1v) is 7.67. The van der Waals surface area contributed by atoms with E-state index in [1.807, 2.05) is 0 Å². The van der Waals surface area contributed by atoms with Crippen LogP contribution in [0.2, 0.25) is 0 Å². The minimum Gasteiger partial charge on any atom is -0.378 e. The molecule has 2 aliphatic carbocycles. The number of nitrogens with one attached hydrogen (secondary N) is 1. The van der Waals surface area contributed by atoms with E-state index in [2.05, 4.69) is 19.2 Å². The number of ether oxygens (including phenoxy) is 2. The fraction of sp³-hybridized carbons (Fsp3) is 1.00. The molecule has 1 aliphatic heterocycles. The summed E-state index contributed by atoms with van der Waals surface area (Å²) in [6, 6.07) is 0.670. The first-order valence-electron chi connectivity index (χ1n) is 7.67. The van der Waals surface area contributed by atoms with Gasteiger partial charge in [-0.25, -0.2) is 0 Å². The second kappa shape index (κ2) is 4.77. The minimum atomic E-state index is 0.0850. The molecule has 3 nitrogen and oxygen atoms in total. The average molecular weight is 253 g/mol. The molecule has 1 spiro atoms. The molecule has 0 aromatic carbocycles.